The van der Waals surface area contributed by atoms with Gasteiger partial charge in [-0.2, -0.15) is 0 Å². The van der Waals surface area contributed by atoms with Crippen LogP contribution in [0.3, 0.4) is 0 Å². The van der Waals surface area contributed by atoms with Crippen LogP contribution in [0.4, 0.5) is 11.6 Å². The maximum atomic E-state index is 9.42. The van der Waals surface area contributed by atoms with Gasteiger partial charge in [-0.1, -0.05) is 0 Å². The molecule has 1 saturated carbocycles. The van der Waals surface area contributed by atoms with Crippen LogP contribution in [0, 0.1) is 5.41 Å². The van der Waals surface area contributed by atoms with Gasteiger partial charge in [0.15, 0.2) is 0 Å². The summed E-state index contributed by atoms with van der Waals surface area (Å²) in [7, 11) is 0. The van der Waals surface area contributed by atoms with Gasteiger partial charge < -0.3 is 20.4 Å². The van der Waals surface area contributed by atoms with Crippen molar-refractivity contribution in [2.75, 3.05) is 36.5 Å². The Morgan fingerprint density at radius 3 is 2.90 bits per heavy atom. The molecule has 0 spiro atoms. The molecule has 3 rings (SSSR count). The van der Waals surface area contributed by atoms with Crippen molar-refractivity contribution >= 4 is 11.6 Å². The number of hydrogen-bond acceptors (Lipinski definition) is 6. The molecule has 2 fully saturated rings. The molecule has 0 bridgehead atoms. The molecular formula is C15H24N4O2. The number of anilines is 2. The van der Waals surface area contributed by atoms with Gasteiger partial charge >= 0.3 is 0 Å². The third-order valence-corrected chi connectivity index (χ3v) is 4.78. The van der Waals surface area contributed by atoms with E-state index in [-0.39, 0.29) is 24.7 Å². The van der Waals surface area contributed by atoms with Crippen molar-refractivity contribution < 1.29 is 10.2 Å². The van der Waals surface area contributed by atoms with Gasteiger partial charge in [-0.3, -0.25) is 0 Å². The van der Waals surface area contributed by atoms with Crippen molar-refractivity contribution in [3.8, 4) is 0 Å². The molecular weight excluding hydrogens is 268 g/mol. The molecule has 116 valence electrons. The number of aliphatic hydroxyl groups excluding tert-OH is 2. The average Bonchev–Trinajstić information content (AvgIpc) is 3.11. The smallest absolute Gasteiger partial charge is 0.134 e. The van der Waals surface area contributed by atoms with Crippen molar-refractivity contribution in [3.63, 3.8) is 0 Å². The summed E-state index contributed by atoms with van der Waals surface area (Å²) >= 11 is 0. The summed E-state index contributed by atoms with van der Waals surface area (Å²) < 4.78 is 0. The highest BCUT2D eigenvalue weighted by molar-refractivity contribution is 5.50. The topological polar surface area (TPSA) is 81.5 Å². The fourth-order valence-corrected chi connectivity index (χ4v) is 3.14. The quantitative estimate of drug-likeness (QED) is 0.696. The molecule has 1 aromatic rings. The summed E-state index contributed by atoms with van der Waals surface area (Å²) in [5, 5.41) is 21.9. The lowest BCUT2D eigenvalue weighted by molar-refractivity contribution is 0.253. The number of rotatable bonds is 7. The first-order valence-corrected chi connectivity index (χ1v) is 7.81. The Kier molecular flexibility index (Phi) is 4.26. The van der Waals surface area contributed by atoms with Crippen LogP contribution in [0.5, 0.6) is 0 Å². The van der Waals surface area contributed by atoms with Gasteiger partial charge in [0.2, 0.25) is 0 Å². The van der Waals surface area contributed by atoms with Crippen LogP contribution < -0.4 is 10.2 Å². The van der Waals surface area contributed by atoms with Crippen LogP contribution in [-0.4, -0.2) is 52.5 Å². The zero-order valence-electron chi connectivity index (χ0n) is 12.3. The van der Waals surface area contributed by atoms with Crippen molar-refractivity contribution in [2.45, 2.75) is 38.1 Å². The van der Waals surface area contributed by atoms with E-state index in [2.05, 4.69) is 20.2 Å². The normalized spacial score (nSPS) is 23.3. The molecule has 3 N–H and O–H groups in total. The van der Waals surface area contributed by atoms with Crippen LogP contribution in [0.15, 0.2) is 12.4 Å². The summed E-state index contributed by atoms with van der Waals surface area (Å²) in [5.74, 6) is 1.71. The first-order valence-electron chi connectivity index (χ1n) is 7.81. The molecule has 1 unspecified atom stereocenters. The largest absolute Gasteiger partial charge is 0.396 e. The minimum absolute atomic E-state index is 0.173. The Balaban J connectivity index is 1.63. The lowest BCUT2D eigenvalue weighted by Crippen LogP contribution is -2.32. The minimum atomic E-state index is 0.173. The van der Waals surface area contributed by atoms with Crippen LogP contribution in [0.2, 0.25) is 0 Å². The van der Waals surface area contributed by atoms with Crippen molar-refractivity contribution in [2.24, 2.45) is 5.41 Å². The van der Waals surface area contributed by atoms with Gasteiger partial charge in [-0.05, 0) is 37.5 Å². The lowest BCUT2D eigenvalue weighted by Gasteiger charge is -2.24. The van der Waals surface area contributed by atoms with E-state index in [1.165, 1.54) is 12.8 Å². The van der Waals surface area contributed by atoms with Crippen molar-refractivity contribution in [1.29, 1.82) is 0 Å². The van der Waals surface area contributed by atoms with Gasteiger partial charge in [-0.15, -0.1) is 0 Å². The molecule has 0 amide bonds. The summed E-state index contributed by atoms with van der Waals surface area (Å²) in [6.07, 6.45) is 6.90. The number of nitrogens with zero attached hydrogens (tertiary/aromatic N) is 3. The molecule has 6 heteroatoms. The standard InChI is InChI=1S/C15H24N4O2/c20-7-5-15(3-4-15)10-16-13-8-14(18-11-17-13)19-6-1-2-12(19)9-21/h8,11-12,20-21H,1-7,9-10H2,(H,16,17,18). The maximum absolute atomic E-state index is 9.42. The van der Waals surface area contributed by atoms with Crippen molar-refractivity contribution in [3.05, 3.63) is 12.4 Å². The van der Waals surface area contributed by atoms with E-state index < -0.39 is 0 Å². The highest BCUT2D eigenvalue weighted by atomic mass is 16.3. The Labute approximate surface area is 125 Å². The Morgan fingerprint density at radius 2 is 2.19 bits per heavy atom. The summed E-state index contributed by atoms with van der Waals surface area (Å²) in [6.45, 7) is 2.22. The van der Waals surface area contributed by atoms with E-state index in [0.29, 0.717) is 0 Å². The first kappa shape index (κ1) is 14.5. The molecule has 6 nitrogen and oxygen atoms in total. The summed E-state index contributed by atoms with van der Waals surface area (Å²) in [5.41, 5.74) is 0.265. The molecule has 1 atom stereocenters. The van der Waals surface area contributed by atoms with E-state index in [1.54, 1.807) is 6.33 Å². The number of aliphatic hydroxyl groups is 2. The van der Waals surface area contributed by atoms with Gasteiger partial charge in [0, 0.05) is 25.8 Å². The Morgan fingerprint density at radius 1 is 1.33 bits per heavy atom. The molecule has 1 saturated heterocycles. The first-order chi connectivity index (χ1) is 10.3. The molecule has 2 aliphatic rings. The van der Waals surface area contributed by atoms with E-state index in [1.807, 2.05) is 6.07 Å². The van der Waals surface area contributed by atoms with Gasteiger partial charge in [0.1, 0.15) is 18.0 Å². The van der Waals surface area contributed by atoms with Gasteiger partial charge in [0.05, 0.1) is 12.6 Å². The molecule has 0 radical (unpaired) electrons. The van der Waals surface area contributed by atoms with E-state index in [0.717, 1.165) is 44.0 Å². The zero-order chi connectivity index (χ0) is 14.7. The third kappa shape index (κ3) is 3.27. The molecule has 1 aromatic heterocycles. The fraction of sp³-hybridized carbons (Fsp3) is 0.733. The van der Waals surface area contributed by atoms with Crippen LogP contribution >= 0.6 is 0 Å². The Bertz CT molecular complexity index is 478. The van der Waals surface area contributed by atoms with Crippen LogP contribution in [-0.2, 0) is 0 Å². The predicted molar refractivity (Wildman–Crippen MR) is 81.3 cm³/mol. The van der Waals surface area contributed by atoms with Gasteiger partial charge in [0.25, 0.3) is 0 Å². The highest BCUT2D eigenvalue weighted by Gasteiger charge is 2.41. The van der Waals surface area contributed by atoms with E-state index in [4.69, 9.17) is 5.11 Å². The van der Waals surface area contributed by atoms with E-state index in [9.17, 15) is 5.11 Å². The van der Waals surface area contributed by atoms with E-state index >= 15 is 0 Å². The molecule has 2 heterocycles. The maximum Gasteiger partial charge on any atom is 0.134 e. The number of aromatic nitrogens is 2. The lowest BCUT2D eigenvalue weighted by atomic mass is 10.0. The van der Waals surface area contributed by atoms with Crippen LogP contribution in [0.1, 0.15) is 32.1 Å². The van der Waals surface area contributed by atoms with Gasteiger partial charge in [-0.25, -0.2) is 9.97 Å². The van der Waals surface area contributed by atoms with Crippen LogP contribution in [0.25, 0.3) is 0 Å². The summed E-state index contributed by atoms with van der Waals surface area (Å²) in [6, 6.07) is 2.14. The molecule has 0 aromatic carbocycles. The molecule has 1 aliphatic heterocycles. The highest BCUT2D eigenvalue weighted by Crippen LogP contribution is 2.48. The fourth-order valence-electron chi connectivity index (χ4n) is 3.14. The predicted octanol–water partition coefficient (Wildman–Crippen LogP) is 1.01. The zero-order valence-corrected chi connectivity index (χ0v) is 12.3. The number of nitrogens with one attached hydrogen (secondary N) is 1. The Hall–Kier alpha value is -1.40. The van der Waals surface area contributed by atoms with Crippen molar-refractivity contribution in [1.82, 2.24) is 9.97 Å². The second-order valence-electron chi connectivity index (χ2n) is 6.26. The average molecular weight is 292 g/mol. The SMILES string of the molecule is OCCC1(CNc2cc(N3CCCC3CO)ncn2)CC1. The number of hydrogen-bond donors (Lipinski definition) is 3. The summed E-state index contributed by atoms with van der Waals surface area (Å²) in [4.78, 5) is 10.8. The third-order valence-electron chi connectivity index (χ3n) is 4.78. The minimum Gasteiger partial charge on any atom is -0.396 e. The monoisotopic (exact) mass is 292 g/mol. The molecule has 1 aliphatic carbocycles. The molecule has 21 heavy (non-hydrogen) atoms. The second kappa shape index (κ2) is 6.15. The second-order valence-corrected chi connectivity index (χ2v) is 6.26.